The molecule has 2 rings (SSSR count). The van der Waals surface area contributed by atoms with Crippen molar-refractivity contribution in [2.75, 3.05) is 0 Å². The number of benzene rings is 1. The van der Waals surface area contributed by atoms with Gasteiger partial charge in [0.1, 0.15) is 6.10 Å². The molecular weight excluding hydrogens is 302 g/mol. The van der Waals surface area contributed by atoms with Crippen LogP contribution in [0.25, 0.3) is 0 Å². The van der Waals surface area contributed by atoms with Gasteiger partial charge in [0.05, 0.1) is 15.5 Å². The molecule has 0 aliphatic heterocycles. The predicted octanol–water partition coefficient (Wildman–Crippen LogP) is 2.48. The third-order valence-electron chi connectivity index (χ3n) is 3.31. The highest BCUT2D eigenvalue weighted by Gasteiger charge is 2.22. The van der Waals surface area contributed by atoms with E-state index in [0.29, 0.717) is 0 Å². The summed E-state index contributed by atoms with van der Waals surface area (Å²) >= 11 is 5.92. The Labute approximate surface area is 123 Å². The molecule has 1 saturated carbocycles. The number of hydrogen-bond acceptors (Lipinski definition) is 4. The van der Waals surface area contributed by atoms with E-state index < -0.39 is 16.0 Å². The van der Waals surface area contributed by atoms with Gasteiger partial charge in [-0.2, -0.15) is 0 Å². The molecule has 0 heterocycles. The summed E-state index contributed by atoms with van der Waals surface area (Å²) in [5.74, 6) is -0.604. The molecule has 0 radical (unpaired) electrons. The number of halogens is 1. The maximum Gasteiger partial charge on any atom is 0.339 e. The van der Waals surface area contributed by atoms with E-state index in [1.165, 1.54) is 12.1 Å². The van der Waals surface area contributed by atoms with Crippen molar-refractivity contribution in [1.82, 2.24) is 0 Å². The summed E-state index contributed by atoms with van der Waals surface area (Å²) in [6.45, 7) is 0. The molecule has 0 amide bonds. The van der Waals surface area contributed by atoms with Crippen LogP contribution in [0.15, 0.2) is 23.1 Å². The van der Waals surface area contributed by atoms with Crippen LogP contribution in [-0.2, 0) is 14.8 Å². The second kappa shape index (κ2) is 6.11. The highest BCUT2D eigenvalue weighted by Crippen LogP contribution is 2.25. The van der Waals surface area contributed by atoms with Gasteiger partial charge in [-0.15, -0.1) is 0 Å². The van der Waals surface area contributed by atoms with Crippen LogP contribution in [0.5, 0.6) is 0 Å². The van der Waals surface area contributed by atoms with E-state index in [1.807, 2.05) is 0 Å². The average Bonchev–Trinajstić information content (AvgIpc) is 2.39. The van der Waals surface area contributed by atoms with Gasteiger partial charge in [0.25, 0.3) is 0 Å². The van der Waals surface area contributed by atoms with Gasteiger partial charge < -0.3 is 4.74 Å². The van der Waals surface area contributed by atoms with Crippen molar-refractivity contribution in [2.45, 2.75) is 43.1 Å². The number of hydrogen-bond donors (Lipinski definition) is 1. The Balaban J connectivity index is 2.20. The Kier molecular flexibility index (Phi) is 4.67. The molecule has 0 spiro atoms. The smallest absolute Gasteiger partial charge is 0.339 e. The fourth-order valence-electron chi connectivity index (χ4n) is 2.24. The van der Waals surface area contributed by atoms with Gasteiger partial charge in [-0.05, 0) is 43.9 Å². The SMILES string of the molecule is NS(=O)(=O)c1ccc(Cl)c(C(=O)OC2CCCCC2)c1. The lowest BCUT2D eigenvalue weighted by Gasteiger charge is -2.22. The molecule has 0 bridgehead atoms. The largest absolute Gasteiger partial charge is 0.459 e. The summed E-state index contributed by atoms with van der Waals surface area (Å²) in [4.78, 5) is 11.9. The third-order valence-corrected chi connectivity index (χ3v) is 4.55. The zero-order valence-electron chi connectivity index (χ0n) is 10.8. The van der Waals surface area contributed by atoms with Crippen LogP contribution in [0, 0.1) is 0 Å². The highest BCUT2D eigenvalue weighted by molar-refractivity contribution is 7.89. The molecule has 0 saturated heterocycles. The molecule has 1 aliphatic carbocycles. The molecule has 0 unspecified atom stereocenters. The number of sulfonamides is 1. The minimum atomic E-state index is -3.88. The first-order valence-electron chi connectivity index (χ1n) is 6.41. The van der Waals surface area contributed by atoms with Crippen LogP contribution in [-0.4, -0.2) is 20.5 Å². The average molecular weight is 318 g/mol. The predicted molar refractivity (Wildman–Crippen MR) is 75.1 cm³/mol. The first kappa shape index (κ1) is 15.3. The lowest BCUT2D eigenvalue weighted by Crippen LogP contribution is -2.21. The third kappa shape index (κ3) is 3.71. The van der Waals surface area contributed by atoms with Crippen LogP contribution in [0.4, 0.5) is 0 Å². The number of carbonyl (C=O) groups is 1. The van der Waals surface area contributed by atoms with Gasteiger partial charge in [-0.3, -0.25) is 0 Å². The summed E-state index contributed by atoms with van der Waals surface area (Å²) in [7, 11) is -3.88. The van der Waals surface area contributed by atoms with E-state index >= 15 is 0 Å². The van der Waals surface area contributed by atoms with Gasteiger partial charge in [0.15, 0.2) is 0 Å². The van der Waals surface area contributed by atoms with Gasteiger partial charge >= 0.3 is 5.97 Å². The van der Waals surface area contributed by atoms with Crippen LogP contribution >= 0.6 is 11.6 Å². The minimum absolute atomic E-state index is 0.0313. The zero-order valence-corrected chi connectivity index (χ0v) is 12.4. The summed E-state index contributed by atoms with van der Waals surface area (Å²) in [5, 5.41) is 5.19. The summed E-state index contributed by atoms with van der Waals surface area (Å²) < 4.78 is 27.9. The van der Waals surface area contributed by atoms with Gasteiger partial charge in [0.2, 0.25) is 10.0 Å². The Morgan fingerprint density at radius 3 is 2.50 bits per heavy atom. The second-order valence-corrected chi connectivity index (χ2v) is 6.82. The van der Waals surface area contributed by atoms with Gasteiger partial charge in [-0.1, -0.05) is 18.0 Å². The molecule has 0 aromatic heterocycles. The number of rotatable bonds is 3. The number of esters is 1. The van der Waals surface area contributed by atoms with E-state index in [9.17, 15) is 13.2 Å². The molecular formula is C13H16ClNO4S. The van der Waals surface area contributed by atoms with E-state index in [2.05, 4.69) is 0 Å². The van der Waals surface area contributed by atoms with Crippen molar-refractivity contribution in [3.05, 3.63) is 28.8 Å². The molecule has 1 aromatic carbocycles. The molecule has 1 aliphatic rings. The van der Waals surface area contributed by atoms with Crippen molar-refractivity contribution in [2.24, 2.45) is 5.14 Å². The Bertz CT molecular complexity index is 609. The second-order valence-electron chi connectivity index (χ2n) is 4.85. The first-order chi connectivity index (χ1) is 9.38. The molecule has 1 fully saturated rings. The monoisotopic (exact) mass is 317 g/mol. The van der Waals surface area contributed by atoms with Crippen LogP contribution in [0.2, 0.25) is 5.02 Å². The van der Waals surface area contributed by atoms with Crippen molar-refractivity contribution in [1.29, 1.82) is 0 Å². The molecule has 110 valence electrons. The fraction of sp³-hybridized carbons (Fsp3) is 0.462. The standard InChI is InChI=1S/C13H16ClNO4S/c14-12-7-6-10(20(15,17)18)8-11(12)13(16)19-9-4-2-1-3-5-9/h6-9H,1-5H2,(H2,15,17,18). The molecule has 0 atom stereocenters. The van der Waals surface area contributed by atoms with Crippen LogP contribution < -0.4 is 5.14 Å². The topological polar surface area (TPSA) is 86.5 Å². The Hall–Kier alpha value is -1.11. The number of primary sulfonamides is 1. The molecule has 5 nitrogen and oxygen atoms in total. The lowest BCUT2D eigenvalue weighted by atomic mass is 9.98. The summed E-state index contributed by atoms with van der Waals surface area (Å²) in [6, 6.07) is 3.75. The quantitative estimate of drug-likeness (QED) is 0.868. The number of carbonyl (C=O) groups excluding carboxylic acids is 1. The summed E-state index contributed by atoms with van der Waals surface area (Å²) in [5.41, 5.74) is 0.0313. The maximum absolute atomic E-state index is 12.1. The van der Waals surface area contributed by atoms with Crippen molar-refractivity contribution >= 4 is 27.6 Å². The van der Waals surface area contributed by atoms with E-state index in [-0.39, 0.29) is 21.6 Å². The van der Waals surface area contributed by atoms with Crippen LogP contribution in [0.1, 0.15) is 42.5 Å². The number of nitrogens with two attached hydrogens (primary N) is 1. The van der Waals surface area contributed by atoms with Crippen LogP contribution in [0.3, 0.4) is 0 Å². The van der Waals surface area contributed by atoms with E-state index in [0.717, 1.165) is 38.2 Å². The molecule has 20 heavy (non-hydrogen) atoms. The maximum atomic E-state index is 12.1. The first-order valence-corrected chi connectivity index (χ1v) is 8.33. The van der Waals surface area contributed by atoms with Gasteiger partial charge in [-0.25, -0.2) is 18.4 Å². The van der Waals surface area contributed by atoms with Gasteiger partial charge in [0, 0.05) is 0 Å². The number of ether oxygens (including phenoxy) is 1. The zero-order chi connectivity index (χ0) is 14.8. The van der Waals surface area contributed by atoms with Crippen molar-refractivity contribution < 1.29 is 17.9 Å². The molecule has 1 aromatic rings. The van der Waals surface area contributed by atoms with Crippen molar-refractivity contribution in [3.8, 4) is 0 Å². The molecule has 2 N–H and O–H groups in total. The lowest BCUT2D eigenvalue weighted by molar-refractivity contribution is 0.0211. The normalized spacial score (nSPS) is 16.9. The minimum Gasteiger partial charge on any atom is -0.459 e. The van der Waals surface area contributed by atoms with E-state index in [4.69, 9.17) is 21.5 Å². The fourth-order valence-corrected chi connectivity index (χ4v) is 2.97. The van der Waals surface area contributed by atoms with Crippen molar-refractivity contribution in [3.63, 3.8) is 0 Å². The Morgan fingerprint density at radius 1 is 1.25 bits per heavy atom. The van der Waals surface area contributed by atoms with E-state index in [1.54, 1.807) is 0 Å². The highest BCUT2D eigenvalue weighted by atomic mass is 35.5. The summed E-state index contributed by atoms with van der Waals surface area (Å²) in [6.07, 6.45) is 4.75. The molecule has 7 heteroatoms. The Morgan fingerprint density at radius 2 is 1.90 bits per heavy atom.